The third-order valence-electron chi connectivity index (χ3n) is 1.37. The average molecular weight is 174 g/mol. The van der Waals surface area contributed by atoms with Gasteiger partial charge in [0.05, 0.1) is 0 Å². The molecule has 0 aliphatic carbocycles. The molecule has 0 nitrogen and oxygen atoms in total. The molecule has 1 aromatic carbocycles. The molecule has 0 saturated heterocycles. The summed E-state index contributed by atoms with van der Waals surface area (Å²) in [7, 11) is 0. The summed E-state index contributed by atoms with van der Waals surface area (Å²) in [5, 5.41) is 0. The Kier molecular flexibility index (Phi) is 4.92. The van der Waals surface area contributed by atoms with E-state index in [2.05, 4.69) is 25.0 Å². The van der Waals surface area contributed by atoms with E-state index in [0.29, 0.717) is 0 Å². The summed E-state index contributed by atoms with van der Waals surface area (Å²) in [6.07, 6.45) is 5.06. The summed E-state index contributed by atoms with van der Waals surface area (Å²) in [5.41, 5.74) is 1.39. The fourth-order valence-electron chi connectivity index (χ4n) is 0.534. The molecule has 13 heavy (non-hydrogen) atoms. The summed E-state index contributed by atoms with van der Waals surface area (Å²) in [4.78, 5) is 0. The van der Waals surface area contributed by atoms with Gasteiger partial charge in [0.15, 0.2) is 0 Å². The molecule has 0 amide bonds. The van der Waals surface area contributed by atoms with E-state index in [-0.39, 0.29) is 5.41 Å². The Morgan fingerprint density at radius 1 is 1.08 bits per heavy atom. The van der Waals surface area contributed by atoms with Crippen molar-refractivity contribution in [2.75, 3.05) is 0 Å². The van der Waals surface area contributed by atoms with Crippen molar-refractivity contribution in [3.63, 3.8) is 0 Å². The van der Waals surface area contributed by atoms with Crippen LogP contribution in [0, 0.1) is 24.7 Å². The maximum absolute atomic E-state index is 5.06. The summed E-state index contributed by atoms with van der Waals surface area (Å²) in [6, 6.07) is 10.3. The molecule has 0 atom stereocenters. The van der Waals surface area contributed by atoms with E-state index >= 15 is 0 Å². The molecule has 1 rings (SSSR count). The minimum atomic E-state index is 0.0694. The van der Waals surface area contributed by atoms with Crippen LogP contribution in [0.3, 0.4) is 0 Å². The predicted molar refractivity (Wildman–Crippen MR) is 59.5 cm³/mol. The Morgan fingerprint density at radius 3 is 1.62 bits per heavy atom. The van der Waals surface area contributed by atoms with E-state index in [1.54, 1.807) is 0 Å². The first-order valence-electron chi connectivity index (χ1n) is 4.45. The number of terminal acetylenes is 1. The lowest BCUT2D eigenvalue weighted by atomic mass is 9.99. The third-order valence-corrected chi connectivity index (χ3v) is 1.37. The van der Waals surface area contributed by atoms with Crippen LogP contribution in [0.4, 0.5) is 0 Å². The van der Waals surface area contributed by atoms with E-state index in [0.717, 1.165) is 0 Å². The molecule has 0 aliphatic heterocycles. The zero-order valence-corrected chi connectivity index (χ0v) is 8.96. The molecular formula is C13H18. The van der Waals surface area contributed by atoms with Gasteiger partial charge in [0, 0.05) is 5.41 Å². The van der Waals surface area contributed by atoms with Gasteiger partial charge in [0.2, 0.25) is 0 Å². The molecule has 0 saturated carbocycles. The Balaban J connectivity index is 0.000000226. The highest BCUT2D eigenvalue weighted by Crippen LogP contribution is 2.08. The van der Waals surface area contributed by atoms with Gasteiger partial charge in [-0.05, 0) is 27.7 Å². The summed E-state index contributed by atoms with van der Waals surface area (Å²) in [5.74, 6) is 2.60. The SMILES string of the molecule is C#CC(C)(C)C.Cc1ccccc1. The van der Waals surface area contributed by atoms with Gasteiger partial charge >= 0.3 is 0 Å². The zero-order chi connectivity index (χ0) is 10.3. The van der Waals surface area contributed by atoms with Crippen LogP contribution in [-0.4, -0.2) is 0 Å². The topological polar surface area (TPSA) is 0 Å². The second kappa shape index (κ2) is 5.43. The van der Waals surface area contributed by atoms with Crippen LogP contribution in [0.1, 0.15) is 26.3 Å². The van der Waals surface area contributed by atoms with Crippen molar-refractivity contribution in [3.8, 4) is 12.3 Å². The first kappa shape index (κ1) is 11.8. The normalized spacial score (nSPS) is 9.46. The standard InChI is InChI=1S/C7H8.C6H10/c1-7-5-3-2-4-6-7;1-5-6(2,3)4/h2-6H,1H3;1H,2-4H3. The molecule has 0 N–H and O–H groups in total. The molecule has 0 spiro atoms. The van der Waals surface area contributed by atoms with Crippen LogP contribution in [0.5, 0.6) is 0 Å². The average Bonchev–Trinajstić information content (AvgIpc) is 2.06. The van der Waals surface area contributed by atoms with Gasteiger partial charge in [0.25, 0.3) is 0 Å². The second-order valence-electron chi connectivity index (χ2n) is 4.05. The Hall–Kier alpha value is -1.22. The first-order chi connectivity index (χ1) is 5.95. The van der Waals surface area contributed by atoms with Crippen molar-refractivity contribution in [3.05, 3.63) is 35.9 Å². The minimum absolute atomic E-state index is 0.0694. The highest BCUT2D eigenvalue weighted by atomic mass is 14.0. The maximum Gasteiger partial charge on any atom is 0.0227 e. The Morgan fingerprint density at radius 2 is 1.46 bits per heavy atom. The molecule has 0 aromatic heterocycles. The molecule has 0 fully saturated rings. The highest BCUT2D eigenvalue weighted by Gasteiger charge is 2.00. The van der Waals surface area contributed by atoms with Gasteiger partial charge in [0.1, 0.15) is 0 Å². The lowest BCUT2D eigenvalue weighted by Gasteiger charge is -2.04. The van der Waals surface area contributed by atoms with Crippen molar-refractivity contribution in [2.45, 2.75) is 27.7 Å². The van der Waals surface area contributed by atoms with Crippen LogP contribution < -0.4 is 0 Å². The van der Waals surface area contributed by atoms with Gasteiger partial charge in [-0.25, -0.2) is 0 Å². The lowest BCUT2D eigenvalue weighted by Crippen LogP contribution is -1.97. The van der Waals surface area contributed by atoms with E-state index in [1.165, 1.54) is 5.56 Å². The quantitative estimate of drug-likeness (QED) is 0.526. The predicted octanol–water partition coefficient (Wildman–Crippen LogP) is 3.66. The maximum atomic E-state index is 5.06. The Labute approximate surface area is 82.0 Å². The fourth-order valence-corrected chi connectivity index (χ4v) is 0.534. The van der Waals surface area contributed by atoms with Crippen LogP contribution >= 0.6 is 0 Å². The van der Waals surface area contributed by atoms with Gasteiger partial charge in [-0.15, -0.1) is 12.3 Å². The van der Waals surface area contributed by atoms with Crippen LogP contribution in [-0.2, 0) is 0 Å². The largest absolute Gasteiger partial charge is 0.120 e. The lowest BCUT2D eigenvalue weighted by molar-refractivity contribution is 0.571. The molecule has 0 heteroatoms. The number of rotatable bonds is 0. The van der Waals surface area contributed by atoms with Gasteiger partial charge in [-0.2, -0.15) is 0 Å². The summed E-state index contributed by atoms with van der Waals surface area (Å²) < 4.78 is 0. The summed E-state index contributed by atoms with van der Waals surface area (Å²) >= 11 is 0. The molecule has 0 bridgehead atoms. The molecule has 1 aromatic rings. The minimum Gasteiger partial charge on any atom is -0.120 e. The van der Waals surface area contributed by atoms with E-state index in [9.17, 15) is 0 Å². The zero-order valence-electron chi connectivity index (χ0n) is 8.96. The van der Waals surface area contributed by atoms with E-state index in [4.69, 9.17) is 6.42 Å². The van der Waals surface area contributed by atoms with Crippen LogP contribution in [0.2, 0.25) is 0 Å². The molecule has 70 valence electrons. The molecule has 0 heterocycles. The Bertz CT molecular complexity index is 256. The molecular weight excluding hydrogens is 156 g/mol. The number of aryl methyl sites for hydroxylation is 1. The van der Waals surface area contributed by atoms with Crippen LogP contribution in [0.15, 0.2) is 30.3 Å². The van der Waals surface area contributed by atoms with Crippen molar-refractivity contribution in [1.82, 2.24) is 0 Å². The number of hydrogen-bond acceptors (Lipinski definition) is 0. The smallest absolute Gasteiger partial charge is 0.0227 e. The molecule has 0 unspecified atom stereocenters. The van der Waals surface area contributed by atoms with Crippen molar-refractivity contribution < 1.29 is 0 Å². The third kappa shape index (κ3) is 8.69. The van der Waals surface area contributed by atoms with E-state index in [1.807, 2.05) is 39.0 Å². The monoisotopic (exact) mass is 174 g/mol. The molecule has 0 radical (unpaired) electrons. The number of benzene rings is 1. The van der Waals surface area contributed by atoms with Gasteiger partial charge in [-0.3, -0.25) is 0 Å². The fraction of sp³-hybridized carbons (Fsp3) is 0.385. The van der Waals surface area contributed by atoms with Gasteiger partial charge in [-0.1, -0.05) is 35.9 Å². The van der Waals surface area contributed by atoms with Crippen molar-refractivity contribution in [1.29, 1.82) is 0 Å². The van der Waals surface area contributed by atoms with E-state index < -0.39 is 0 Å². The first-order valence-corrected chi connectivity index (χ1v) is 4.45. The van der Waals surface area contributed by atoms with Crippen molar-refractivity contribution >= 4 is 0 Å². The summed E-state index contributed by atoms with van der Waals surface area (Å²) in [6.45, 7) is 8.10. The highest BCUT2D eigenvalue weighted by molar-refractivity contribution is 5.11. The number of hydrogen-bond donors (Lipinski definition) is 0. The van der Waals surface area contributed by atoms with Gasteiger partial charge < -0.3 is 0 Å². The second-order valence-corrected chi connectivity index (χ2v) is 4.05. The van der Waals surface area contributed by atoms with Crippen molar-refractivity contribution in [2.24, 2.45) is 5.41 Å². The van der Waals surface area contributed by atoms with Crippen LogP contribution in [0.25, 0.3) is 0 Å². The molecule has 0 aliphatic rings.